The van der Waals surface area contributed by atoms with Crippen molar-refractivity contribution < 1.29 is 9.90 Å². The summed E-state index contributed by atoms with van der Waals surface area (Å²) in [6.07, 6.45) is 18.9. The number of phenols is 1. The molecule has 1 aromatic carbocycles. The van der Waals surface area contributed by atoms with Crippen LogP contribution in [0, 0.1) is 0 Å². The Balaban J connectivity index is 1.89. The fourth-order valence-electron chi connectivity index (χ4n) is 3.13. The van der Waals surface area contributed by atoms with E-state index in [9.17, 15) is 9.90 Å². The van der Waals surface area contributed by atoms with Gasteiger partial charge < -0.3 is 5.11 Å². The van der Waals surface area contributed by atoms with Gasteiger partial charge in [0.15, 0.2) is 0 Å². The zero-order chi connectivity index (χ0) is 19.6. The van der Waals surface area contributed by atoms with Gasteiger partial charge in [0.25, 0.3) is 0 Å². The first-order valence-corrected chi connectivity index (χ1v) is 10.8. The van der Waals surface area contributed by atoms with E-state index in [0.717, 1.165) is 12.8 Å². The van der Waals surface area contributed by atoms with Crippen molar-refractivity contribution in [1.82, 2.24) is 5.43 Å². The highest BCUT2D eigenvalue weighted by atomic mass is 16.3. The maximum Gasteiger partial charge on any atom is 0.240 e. The van der Waals surface area contributed by atoms with Gasteiger partial charge in [-0.2, -0.15) is 5.10 Å². The van der Waals surface area contributed by atoms with E-state index in [0.29, 0.717) is 12.0 Å². The molecule has 1 rings (SSSR count). The van der Waals surface area contributed by atoms with Crippen molar-refractivity contribution >= 4 is 12.1 Å². The summed E-state index contributed by atoms with van der Waals surface area (Å²) in [6.45, 7) is 2.26. The minimum atomic E-state index is -0.0651. The van der Waals surface area contributed by atoms with Gasteiger partial charge >= 0.3 is 0 Å². The summed E-state index contributed by atoms with van der Waals surface area (Å²) < 4.78 is 0. The molecule has 0 radical (unpaired) electrons. The average molecular weight is 375 g/mol. The van der Waals surface area contributed by atoms with Gasteiger partial charge in [0, 0.05) is 12.0 Å². The third kappa shape index (κ3) is 13.0. The number of amides is 1. The molecule has 2 N–H and O–H groups in total. The monoisotopic (exact) mass is 374 g/mol. The number of phenolic OH excluding ortho intramolecular Hbond substituents is 1. The molecule has 0 bridgehead atoms. The molecule has 0 aliphatic rings. The summed E-state index contributed by atoms with van der Waals surface area (Å²) in [5.41, 5.74) is 3.12. The molecular formula is C23H38N2O2. The molecule has 0 aromatic heterocycles. The molecule has 0 fully saturated rings. The number of carbonyl (C=O) groups is 1. The molecule has 0 unspecified atom stereocenters. The van der Waals surface area contributed by atoms with Gasteiger partial charge in [0.1, 0.15) is 5.75 Å². The van der Waals surface area contributed by atoms with Crippen LogP contribution in [0.3, 0.4) is 0 Å². The first-order chi connectivity index (χ1) is 13.2. The molecule has 0 spiro atoms. The molecule has 0 aliphatic carbocycles. The number of unbranched alkanes of at least 4 members (excludes halogenated alkanes) is 12. The molecule has 1 amide bonds. The quantitative estimate of drug-likeness (QED) is 0.202. The highest BCUT2D eigenvalue weighted by Crippen LogP contribution is 2.13. The van der Waals surface area contributed by atoms with Gasteiger partial charge in [-0.15, -0.1) is 0 Å². The number of aromatic hydroxyl groups is 1. The minimum absolute atomic E-state index is 0.0651. The molecule has 152 valence electrons. The Labute approximate surface area is 165 Å². The van der Waals surface area contributed by atoms with E-state index in [1.165, 1.54) is 76.8 Å². The van der Waals surface area contributed by atoms with E-state index in [1.807, 2.05) is 6.07 Å². The second kappa shape index (κ2) is 16.3. The van der Waals surface area contributed by atoms with Crippen molar-refractivity contribution in [3.63, 3.8) is 0 Å². The summed E-state index contributed by atoms with van der Waals surface area (Å²) >= 11 is 0. The molecule has 4 nitrogen and oxygen atoms in total. The summed E-state index contributed by atoms with van der Waals surface area (Å²) in [5.74, 6) is 0.0942. The van der Waals surface area contributed by atoms with E-state index in [4.69, 9.17) is 0 Å². The average Bonchev–Trinajstić information content (AvgIpc) is 2.67. The van der Waals surface area contributed by atoms with Crippen molar-refractivity contribution in [1.29, 1.82) is 0 Å². The van der Waals surface area contributed by atoms with Crippen LogP contribution in [0.15, 0.2) is 29.4 Å². The number of hydrogen-bond acceptors (Lipinski definition) is 3. The summed E-state index contributed by atoms with van der Waals surface area (Å²) in [6, 6.07) is 6.91. The number of rotatable bonds is 16. The molecule has 0 saturated heterocycles. The molecule has 0 saturated carbocycles. The van der Waals surface area contributed by atoms with Crippen LogP contribution < -0.4 is 5.43 Å². The molecule has 27 heavy (non-hydrogen) atoms. The second-order valence-corrected chi connectivity index (χ2v) is 7.34. The van der Waals surface area contributed by atoms with Crippen LogP contribution in [0.2, 0.25) is 0 Å². The predicted octanol–water partition coefficient (Wildman–Crippen LogP) is 6.32. The number of hydrogen-bond donors (Lipinski definition) is 2. The third-order valence-corrected chi connectivity index (χ3v) is 4.84. The zero-order valence-electron chi connectivity index (χ0n) is 17.1. The van der Waals surface area contributed by atoms with E-state index in [-0.39, 0.29) is 11.7 Å². The topological polar surface area (TPSA) is 61.7 Å². The summed E-state index contributed by atoms with van der Waals surface area (Å²) in [7, 11) is 0. The number of para-hydroxylation sites is 1. The Morgan fingerprint density at radius 3 is 1.96 bits per heavy atom. The lowest BCUT2D eigenvalue weighted by molar-refractivity contribution is -0.121. The van der Waals surface area contributed by atoms with Crippen LogP contribution in [0.4, 0.5) is 0 Å². The van der Waals surface area contributed by atoms with Crippen molar-refractivity contribution in [3.05, 3.63) is 29.8 Å². The van der Waals surface area contributed by atoms with Crippen molar-refractivity contribution in [2.45, 2.75) is 96.8 Å². The Hall–Kier alpha value is -1.84. The van der Waals surface area contributed by atoms with Crippen molar-refractivity contribution in [2.24, 2.45) is 5.10 Å². The van der Waals surface area contributed by atoms with Gasteiger partial charge in [-0.3, -0.25) is 4.79 Å². The molecule has 4 heteroatoms. The van der Waals surface area contributed by atoms with Crippen molar-refractivity contribution in [3.8, 4) is 5.75 Å². The van der Waals surface area contributed by atoms with Crippen LogP contribution in [-0.2, 0) is 4.79 Å². The van der Waals surface area contributed by atoms with Crippen LogP contribution in [0.1, 0.15) is 102 Å². The standard InChI is InChI=1S/C23H38N2O2/c1-2-3-4-5-6-7-8-9-10-11-12-13-14-19-23(27)25-24-20-21-17-15-16-18-22(21)26/h15-18,20,26H,2-14,19H2,1H3,(H,25,27). The maximum absolute atomic E-state index is 11.7. The maximum atomic E-state index is 11.7. The number of carbonyl (C=O) groups excluding carboxylic acids is 1. The van der Waals surface area contributed by atoms with Crippen LogP contribution in [-0.4, -0.2) is 17.2 Å². The Morgan fingerprint density at radius 1 is 0.889 bits per heavy atom. The smallest absolute Gasteiger partial charge is 0.240 e. The normalized spacial score (nSPS) is 11.1. The highest BCUT2D eigenvalue weighted by molar-refractivity contribution is 5.84. The lowest BCUT2D eigenvalue weighted by Crippen LogP contribution is -2.16. The predicted molar refractivity (Wildman–Crippen MR) is 114 cm³/mol. The van der Waals surface area contributed by atoms with E-state index >= 15 is 0 Å². The van der Waals surface area contributed by atoms with Gasteiger partial charge in [-0.05, 0) is 18.6 Å². The van der Waals surface area contributed by atoms with Gasteiger partial charge in [-0.25, -0.2) is 5.43 Å². The Bertz CT molecular complexity index is 529. The zero-order valence-corrected chi connectivity index (χ0v) is 17.1. The first kappa shape index (κ1) is 23.2. The van der Waals surface area contributed by atoms with E-state index in [1.54, 1.807) is 18.2 Å². The SMILES string of the molecule is CCCCCCCCCCCCCCCC(=O)NN=Cc1ccccc1O. The number of nitrogens with one attached hydrogen (secondary N) is 1. The second-order valence-electron chi connectivity index (χ2n) is 7.34. The fourth-order valence-corrected chi connectivity index (χ4v) is 3.13. The molecular weight excluding hydrogens is 336 g/mol. The number of nitrogens with zero attached hydrogens (tertiary/aromatic N) is 1. The fraction of sp³-hybridized carbons (Fsp3) is 0.652. The lowest BCUT2D eigenvalue weighted by Gasteiger charge is -2.03. The number of hydrazone groups is 1. The van der Waals surface area contributed by atoms with Crippen LogP contribution >= 0.6 is 0 Å². The van der Waals surface area contributed by atoms with Gasteiger partial charge in [0.2, 0.25) is 5.91 Å². The Kier molecular flexibility index (Phi) is 14.0. The molecule has 0 heterocycles. The van der Waals surface area contributed by atoms with E-state index in [2.05, 4.69) is 17.5 Å². The van der Waals surface area contributed by atoms with Gasteiger partial charge in [-0.1, -0.05) is 96.1 Å². The minimum Gasteiger partial charge on any atom is -0.507 e. The molecule has 0 aliphatic heterocycles. The Morgan fingerprint density at radius 2 is 1.41 bits per heavy atom. The van der Waals surface area contributed by atoms with Crippen molar-refractivity contribution in [2.75, 3.05) is 0 Å². The van der Waals surface area contributed by atoms with E-state index < -0.39 is 0 Å². The van der Waals surface area contributed by atoms with Gasteiger partial charge in [0.05, 0.1) is 6.21 Å². The first-order valence-electron chi connectivity index (χ1n) is 10.8. The summed E-state index contributed by atoms with van der Waals surface area (Å²) in [5, 5.41) is 13.5. The number of benzene rings is 1. The largest absolute Gasteiger partial charge is 0.507 e. The third-order valence-electron chi connectivity index (χ3n) is 4.84. The van der Waals surface area contributed by atoms with Crippen LogP contribution in [0.25, 0.3) is 0 Å². The van der Waals surface area contributed by atoms with Crippen LogP contribution in [0.5, 0.6) is 5.75 Å². The summed E-state index contributed by atoms with van der Waals surface area (Å²) in [4.78, 5) is 11.7. The molecule has 0 atom stereocenters. The molecule has 1 aromatic rings. The lowest BCUT2D eigenvalue weighted by atomic mass is 10.0. The highest BCUT2D eigenvalue weighted by Gasteiger charge is 2.00.